The van der Waals surface area contributed by atoms with Crippen molar-refractivity contribution < 1.29 is 4.79 Å². The summed E-state index contributed by atoms with van der Waals surface area (Å²) in [7, 11) is 0. The van der Waals surface area contributed by atoms with Gasteiger partial charge in [-0.05, 0) is 37.3 Å². The van der Waals surface area contributed by atoms with Gasteiger partial charge in [-0.1, -0.05) is 13.0 Å². The first-order chi connectivity index (χ1) is 8.62. The second kappa shape index (κ2) is 7.28. The second-order valence-electron chi connectivity index (χ2n) is 4.23. The summed E-state index contributed by atoms with van der Waals surface area (Å²) in [5.74, 6) is 6.28. The molecule has 18 heavy (non-hydrogen) atoms. The largest absolute Gasteiger partial charge is 0.348 e. The third-order valence-corrected chi connectivity index (χ3v) is 3.51. The average molecular weight is 267 g/mol. The lowest BCUT2D eigenvalue weighted by Crippen LogP contribution is -2.36. The van der Waals surface area contributed by atoms with E-state index in [2.05, 4.69) is 17.7 Å². The van der Waals surface area contributed by atoms with E-state index < -0.39 is 0 Å². The van der Waals surface area contributed by atoms with Crippen LogP contribution in [0.4, 0.5) is 5.69 Å². The fraction of sp³-hybridized carbons (Fsp3) is 0.462. The van der Waals surface area contributed by atoms with E-state index in [1.54, 1.807) is 17.8 Å². The molecule has 1 rings (SSSR count). The molecule has 100 valence electrons. The Balaban J connectivity index is 2.83. The molecule has 0 saturated carbocycles. The molecule has 0 bridgehead atoms. The maximum Gasteiger partial charge on any atom is 0.253 e. The van der Waals surface area contributed by atoms with E-state index >= 15 is 0 Å². The van der Waals surface area contributed by atoms with E-state index in [9.17, 15) is 4.79 Å². The first-order valence-corrected chi connectivity index (χ1v) is 7.38. The highest BCUT2D eigenvalue weighted by atomic mass is 32.2. The van der Waals surface area contributed by atoms with E-state index in [-0.39, 0.29) is 11.9 Å². The summed E-state index contributed by atoms with van der Waals surface area (Å²) in [6.07, 6.45) is 2.96. The van der Waals surface area contributed by atoms with Gasteiger partial charge in [0, 0.05) is 11.8 Å². The minimum atomic E-state index is -0.0798. The predicted octanol–water partition coefficient (Wildman–Crippen LogP) is 2.15. The number of hydrogen-bond donors (Lipinski definition) is 3. The Hall–Kier alpha value is -1.20. The van der Waals surface area contributed by atoms with Crippen LogP contribution in [-0.2, 0) is 0 Å². The third-order valence-electron chi connectivity index (χ3n) is 2.77. The van der Waals surface area contributed by atoms with Gasteiger partial charge in [-0.2, -0.15) is 11.8 Å². The molecular formula is C13H21N3OS. The molecule has 1 unspecified atom stereocenters. The number of nitrogens with one attached hydrogen (secondary N) is 2. The molecule has 5 heteroatoms. The van der Waals surface area contributed by atoms with Crippen LogP contribution in [0.3, 0.4) is 0 Å². The summed E-state index contributed by atoms with van der Waals surface area (Å²) >= 11 is 1.73. The van der Waals surface area contributed by atoms with Gasteiger partial charge in [0.1, 0.15) is 0 Å². The van der Waals surface area contributed by atoms with Gasteiger partial charge in [0.25, 0.3) is 5.91 Å². The lowest BCUT2D eigenvalue weighted by molar-refractivity contribution is 0.0941. The number of aryl methyl sites for hydroxylation is 1. The summed E-state index contributed by atoms with van der Waals surface area (Å²) < 4.78 is 0. The predicted molar refractivity (Wildman–Crippen MR) is 78.9 cm³/mol. The number of benzene rings is 1. The van der Waals surface area contributed by atoms with Crippen LogP contribution in [0.15, 0.2) is 18.2 Å². The standard InChI is InChI=1S/C13H21N3OS/c1-4-10(8-18-3)15-13(17)11-6-5-9(2)7-12(11)16-14/h5-7,10,16H,4,8,14H2,1-3H3,(H,15,17). The van der Waals surface area contributed by atoms with Crippen LogP contribution in [0.25, 0.3) is 0 Å². The first kappa shape index (κ1) is 14.9. The van der Waals surface area contributed by atoms with Crippen LogP contribution in [-0.4, -0.2) is 24.0 Å². The van der Waals surface area contributed by atoms with Gasteiger partial charge >= 0.3 is 0 Å². The molecule has 0 aliphatic heterocycles. The number of hydrazine groups is 1. The molecule has 1 aromatic carbocycles. The van der Waals surface area contributed by atoms with Gasteiger partial charge < -0.3 is 10.7 Å². The zero-order chi connectivity index (χ0) is 13.5. The summed E-state index contributed by atoms with van der Waals surface area (Å²) in [6.45, 7) is 4.03. The maximum atomic E-state index is 12.2. The van der Waals surface area contributed by atoms with E-state index in [0.29, 0.717) is 11.3 Å². The summed E-state index contributed by atoms with van der Waals surface area (Å²) in [6, 6.07) is 5.76. The van der Waals surface area contributed by atoms with Crippen molar-refractivity contribution in [3.05, 3.63) is 29.3 Å². The molecule has 0 radical (unpaired) electrons. The van der Waals surface area contributed by atoms with E-state index in [0.717, 1.165) is 17.7 Å². The first-order valence-electron chi connectivity index (χ1n) is 5.99. The van der Waals surface area contributed by atoms with Gasteiger partial charge in [-0.3, -0.25) is 10.6 Å². The lowest BCUT2D eigenvalue weighted by Gasteiger charge is -2.17. The monoisotopic (exact) mass is 267 g/mol. The van der Waals surface area contributed by atoms with Crippen LogP contribution < -0.4 is 16.6 Å². The van der Waals surface area contributed by atoms with Crippen molar-refractivity contribution in [1.29, 1.82) is 0 Å². The molecule has 1 atom stereocenters. The van der Waals surface area contributed by atoms with Crippen molar-refractivity contribution in [2.75, 3.05) is 17.4 Å². The van der Waals surface area contributed by atoms with Crippen LogP contribution in [0.1, 0.15) is 29.3 Å². The topological polar surface area (TPSA) is 67.2 Å². The summed E-state index contributed by atoms with van der Waals surface area (Å²) in [4.78, 5) is 12.2. The maximum absolute atomic E-state index is 12.2. The van der Waals surface area contributed by atoms with E-state index in [1.165, 1.54) is 0 Å². The molecule has 0 fully saturated rings. The number of anilines is 1. The van der Waals surface area contributed by atoms with Crippen molar-refractivity contribution in [2.45, 2.75) is 26.3 Å². The van der Waals surface area contributed by atoms with Crippen LogP contribution in [0.5, 0.6) is 0 Å². The number of hydrogen-bond acceptors (Lipinski definition) is 4. The number of carbonyl (C=O) groups is 1. The molecule has 1 aromatic rings. The highest BCUT2D eigenvalue weighted by Crippen LogP contribution is 2.17. The molecule has 0 spiro atoms. The SMILES string of the molecule is CCC(CSC)NC(=O)c1ccc(C)cc1NN. The fourth-order valence-corrected chi connectivity index (χ4v) is 2.42. The van der Waals surface area contributed by atoms with Crippen LogP contribution >= 0.6 is 11.8 Å². The zero-order valence-corrected chi connectivity index (χ0v) is 11.9. The van der Waals surface area contributed by atoms with E-state index in [1.807, 2.05) is 25.3 Å². The van der Waals surface area contributed by atoms with Gasteiger partial charge in [0.2, 0.25) is 0 Å². The Morgan fingerprint density at radius 2 is 2.22 bits per heavy atom. The average Bonchev–Trinajstić information content (AvgIpc) is 2.37. The zero-order valence-electron chi connectivity index (χ0n) is 11.1. The molecule has 4 N–H and O–H groups in total. The highest BCUT2D eigenvalue weighted by molar-refractivity contribution is 7.98. The molecule has 0 saturated heterocycles. The van der Waals surface area contributed by atoms with Crippen molar-refractivity contribution in [3.8, 4) is 0 Å². The van der Waals surface area contributed by atoms with Crippen LogP contribution in [0, 0.1) is 6.92 Å². The van der Waals surface area contributed by atoms with E-state index in [4.69, 9.17) is 5.84 Å². The highest BCUT2D eigenvalue weighted by Gasteiger charge is 2.14. The van der Waals surface area contributed by atoms with Gasteiger partial charge in [-0.25, -0.2) is 0 Å². The number of amides is 1. The number of nitrogens with two attached hydrogens (primary N) is 1. The number of thioether (sulfide) groups is 1. The Morgan fingerprint density at radius 3 is 2.78 bits per heavy atom. The number of nitrogen functional groups attached to an aromatic ring is 1. The smallest absolute Gasteiger partial charge is 0.253 e. The molecule has 0 aliphatic rings. The molecule has 0 aromatic heterocycles. The minimum absolute atomic E-state index is 0.0798. The molecule has 0 aliphatic carbocycles. The molecule has 0 heterocycles. The summed E-state index contributed by atoms with van der Waals surface area (Å²) in [5, 5.41) is 3.02. The van der Waals surface area contributed by atoms with Crippen LogP contribution in [0.2, 0.25) is 0 Å². The second-order valence-corrected chi connectivity index (χ2v) is 5.14. The molecule has 4 nitrogen and oxygen atoms in total. The number of rotatable bonds is 6. The quantitative estimate of drug-likeness (QED) is 0.546. The lowest BCUT2D eigenvalue weighted by atomic mass is 10.1. The number of carbonyl (C=O) groups excluding carboxylic acids is 1. The fourth-order valence-electron chi connectivity index (χ4n) is 1.70. The van der Waals surface area contributed by atoms with Crippen molar-refractivity contribution in [1.82, 2.24) is 5.32 Å². The van der Waals surface area contributed by atoms with Gasteiger partial charge in [0.05, 0.1) is 11.3 Å². The van der Waals surface area contributed by atoms with Gasteiger partial charge in [-0.15, -0.1) is 0 Å². The summed E-state index contributed by atoms with van der Waals surface area (Å²) in [5.41, 5.74) is 4.88. The van der Waals surface area contributed by atoms with Crippen molar-refractivity contribution in [3.63, 3.8) is 0 Å². The minimum Gasteiger partial charge on any atom is -0.348 e. The molecular weight excluding hydrogens is 246 g/mol. The van der Waals surface area contributed by atoms with Crippen molar-refractivity contribution in [2.24, 2.45) is 5.84 Å². The Bertz CT molecular complexity index is 409. The Labute approximate surface area is 113 Å². The molecule has 1 amide bonds. The Morgan fingerprint density at radius 1 is 1.50 bits per heavy atom. The Kier molecular flexibility index (Phi) is 6.01. The van der Waals surface area contributed by atoms with Crippen molar-refractivity contribution >= 4 is 23.4 Å². The van der Waals surface area contributed by atoms with Gasteiger partial charge in [0.15, 0.2) is 0 Å². The normalized spacial score (nSPS) is 12.0. The third kappa shape index (κ3) is 3.92.